The van der Waals surface area contributed by atoms with Crippen LogP contribution in [0.2, 0.25) is 0 Å². The highest BCUT2D eigenvalue weighted by molar-refractivity contribution is 4.99. The fourth-order valence-electron chi connectivity index (χ4n) is 1.33. The Morgan fingerprint density at radius 2 is 1.82 bits per heavy atom. The summed E-state index contributed by atoms with van der Waals surface area (Å²) < 4.78 is 18.6. The molecule has 1 heterocycles. The monoisotopic (exact) mass is 161 g/mol. The number of ether oxygens (including phenoxy) is 1. The van der Waals surface area contributed by atoms with Gasteiger partial charge in [0.15, 0.2) is 0 Å². The summed E-state index contributed by atoms with van der Waals surface area (Å²) in [5.41, 5.74) is 3.91. The van der Waals surface area contributed by atoms with E-state index in [0.717, 1.165) is 0 Å². The zero-order chi connectivity index (χ0) is 8.54. The number of nitrogens with two attached hydrogens (primary N) is 1. The van der Waals surface area contributed by atoms with E-state index in [0.29, 0.717) is 26.1 Å². The van der Waals surface area contributed by atoms with Crippen LogP contribution >= 0.6 is 0 Å². The van der Waals surface area contributed by atoms with Crippen LogP contribution in [0.1, 0.15) is 26.7 Å². The first-order valence-corrected chi connectivity index (χ1v) is 4.01. The molecule has 11 heavy (non-hydrogen) atoms. The van der Waals surface area contributed by atoms with Gasteiger partial charge in [-0.25, -0.2) is 4.39 Å². The Bertz CT molecular complexity index is 136. The number of alkyl halides is 1. The van der Waals surface area contributed by atoms with E-state index < -0.39 is 11.2 Å². The van der Waals surface area contributed by atoms with Gasteiger partial charge in [0.1, 0.15) is 5.67 Å². The molecular weight excluding hydrogens is 145 g/mol. The van der Waals surface area contributed by atoms with Crippen LogP contribution < -0.4 is 5.73 Å². The van der Waals surface area contributed by atoms with Crippen LogP contribution in [0.4, 0.5) is 4.39 Å². The summed E-state index contributed by atoms with van der Waals surface area (Å²) in [4.78, 5) is 0. The van der Waals surface area contributed by atoms with Gasteiger partial charge in [-0.15, -0.1) is 0 Å². The smallest absolute Gasteiger partial charge is 0.123 e. The van der Waals surface area contributed by atoms with Crippen molar-refractivity contribution in [3.63, 3.8) is 0 Å². The Balaban J connectivity index is 2.64. The van der Waals surface area contributed by atoms with Gasteiger partial charge in [0, 0.05) is 13.2 Å². The minimum absolute atomic E-state index is 0.587. The van der Waals surface area contributed by atoms with E-state index >= 15 is 0 Å². The van der Waals surface area contributed by atoms with Crippen molar-refractivity contribution >= 4 is 0 Å². The molecule has 1 saturated heterocycles. The van der Waals surface area contributed by atoms with Gasteiger partial charge in [-0.1, -0.05) is 0 Å². The van der Waals surface area contributed by atoms with Crippen molar-refractivity contribution in [1.82, 2.24) is 0 Å². The van der Waals surface area contributed by atoms with Crippen LogP contribution in [0.15, 0.2) is 0 Å². The van der Waals surface area contributed by atoms with Gasteiger partial charge in [0.05, 0.1) is 5.54 Å². The van der Waals surface area contributed by atoms with Gasteiger partial charge in [0.25, 0.3) is 0 Å². The maximum absolute atomic E-state index is 13.5. The van der Waals surface area contributed by atoms with E-state index in [1.807, 2.05) is 0 Å². The highest BCUT2D eigenvalue weighted by Crippen LogP contribution is 2.32. The first-order valence-electron chi connectivity index (χ1n) is 4.01. The average molecular weight is 161 g/mol. The Morgan fingerprint density at radius 1 is 1.36 bits per heavy atom. The normalized spacial score (nSPS) is 25.1. The summed E-state index contributed by atoms with van der Waals surface area (Å²) in [5, 5.41) is 0. The average Bonchev–Trinajstić information content (AvgIpc) is 1.87. The SMILES string of the molecule is CC(C)(F)C1(N)CCOCC1. The molecule has 2 N–H and O–H groups in total. The Morgan fingerprint density at radius 3 is 2.09 bits per heavy atom. The van der Waals surface area contributed by atoms with Crippen LogP contribution in [-0.4, -0.2) is 24.4 Å². The van der Waals surface area contributed by atoms with Crippen LogP contribution in [0.3, 0.4) is 0 Å². The molecule has 2 nitrogen and oxygen atoms in total. The molecular formula is C8H16FNO. The first-order chi connectivity index (χ1) is 4.96. The second kappa shape index (κ2) is 2.72. The fraction of sp³-hybridized carbons (Fsp3) is 1.00. The van der Waals surface area contributed by atoms with Crippen molar-refractivity contribution in [3.05, 3.63) is 0 Å². The Kier molecular flexibility index (Phi) is 2.21. The summed E-state index contributed by atoms with van der Waals surface area (Å²) >= 11 is 0. The molecule has 0 atom stereocenters. The lowest BCUT2D eigenvalue weighted by Gasteiger charge is -2.41. The van der Waals surface area contributed by atoms with Crippen LogP contribution in [0.5, 0.6) is 0 Å². The molecule has 0 radical (unpaired) electrons. The third kappa shape index (κ3) is 1.71. The van der Waals surface area contributed by atoms with Gasteiger partial charge < -0.3 is 10.5 Å². The molecule has 0 unspecified atom stereocenters. The lowest BCUT2D eigenvalue weighted by Crippen LogP contribution is -2.57. The molecule has 0 amide bonds. The van der Waals surface area contributed by atoms with E-state index in [-0.39, 0.29) is 0 Å². The molecule has 3 heteroatoms. The molecule has 1 aliphatic heterocycles. The maximum atomic E-state index is 13.5. The zero-order valence-electron chi connectivity index (χ0n) is 7.19. The molecule has 0 bridgehead atoms. The molecule has 0 aromatic rings. The van der Waals surface area contributed by atoms with E-state index in [4.69, 9.17) is 10.5 Å². The largest absolute Gasteiger partial charge is 0.381 e. The van der Waals surface area contributed by atoms with Crippen molar-refractivity contribution in [2.75, 3.05) is 13.2 Å². The highest BCUT2D eigenvalue weighted by Gasteiger charge is 2.43. The van der Waals surface area contributed by atoms with Crippen LogP contribution in [0.25, 0.3) is 0 Å². The lowest BCUT2D eigenvalue weighted by molar-refractivity contribution is -0.0140. The van der Waals surface area contributed by atoms with Crippen molar-refractivity contribution < 1.29 is 9.13 Å². The summed E-state index contributed by atoms with van der Waals surface area (Å²) in [6, 6.07) is 0. The van der Waals surface area contributed by atoms with Gasteiger partial charge in [-0.05, 0) is 26.7 Å². The van der Waals surface area contributed by atoms with Crippen molar-refractivity contribution in [1.29, 1.82) is 0 Å². The fourth-order valence-corrected chi connectivity index (χ4v) is 1.33. The Hall–Kier alpha value is -0.150. The third-order valence-electron chi connectivity index (χ3n) is 2.57. The summed E-state index contributed by atoms with van der Waals surface area (Å²) in [7, 11) is 0. The van der Waals surface area contributed by atoms with E-state index in [1.165, 1.54) is 0 Å². The molecule has 1 fully saturated rings. The number of hydrogen-bond donors (Lipinski definition) is 1. The lowest BCUT2D eigenvalue weighted by atomic mass is 9.78. The van der Waals surface area contributed by atoms with Crippen molar-refractivity contribution in [2.45, 2.75) is 37.9 Å². The minimum Gasteiger partial charge on any atom is -0.381 e. The molecule has 1 aliphatic rings. The second-order valence-electron chi connectivity index (χ2n) is 3.74. The molecule has 0 aromatic carbocycles. The topological polar surface area (TPSA) is 35.2 Å². The number of hydrogen-bond acceptors (Lipinski definition) is 2. The van der Waals surface area contributed by atoms with E-state index in [9.17, 15) is 4.39 Å². The first kappa shape index (κ1) is 8.94. The van der Waals surface area contributed by atoms with Gasteiger partial charge in [-0.2, -0.15) is 0 Å². The number of halogens is 1. The van der Waals surface area contributed by atoms with Crippen molar-refractivity contribution in [3.8, 4) is 0 Å². The van der Waals surface area contributed by atoms with Crippen LogP contribution in [-0.2, 0) is 4.74 Å². The minimum atomic E-state index is -1.29. The zero-order valence-corrected chi connectivity index (χ0v) is 7.19. The molecule has 0 saturated carbocycles. The summed E-state index contributed by atoms with van der Waals surface area (Å²) in [6.07, 6.45) is 1.24. The predicted molar refractivity (Wildman–Crippen MR) is 42.2 cm³/mol. The third-order valence-corrected chi connectivity index (χ3v) is 2.57. The van der Waals surface area contributed by atoms with E-state index in [1.54, 1.807) is 13.8 Å². The van der Waals surface area contributed by atoms with Crippen LogP contribution in [0, 0.1) is 0 Å². The van der Waals surface area contributed by atoms with Gasteiger partial charge in [0.2, 0.25) is 0 Å². The number of rotatable bonds is 1. The summed E-state index contributed by atoms with van der Waals surface area (Å²) in [6.45, 7) is 4.25. The molecule has 1 rings (SSSR count). The second-order valence-corrected chi connectivity index (χ2v) is 3.74. The van der Waals surface area contributed by atoms with E-state index in [2.05, 4.69) is 0 Å². The Labute approximate surface area is 66.9 Å². The van der Waals surface area contributed by atoms with Crippen molar-refractivity contribution in [2.24, 2.45) is 5.73 Å². The maximum Gasteiger partial charge on any atom is 0.123 e. The molecule has 0 spiro atoms. The molecule has 0 aromatic heterocycles. The van der Waals surface area contributed by atoms with Gasteiger partial charge >= 0.3 is 0 Å². The highest BCUT2D eigenvalue weighted by atomic mass is 19.1. The quantitative estimate of drug-likeness (QED) is 0.628. The van der Waals surface area contributed by atoms with Gasteiger partial charge in [-0.3, -0.25) is 0 Å². The summed E-state index contributed by atoms with van der Waals surface area (Å²) in [5.74, 6) is 0. The predicted octanol–water partition coefficient (Wildman–Crippen LogP) is 1.24. The molecule has 0 aliphatic carbocycles. The standard InChI is InChI=1S/C8H16FNO/c1-7(2,9)8(10)3-5-11-6-4-8/h3-6,10H2,1-2H3. The molecule has 66 valence electrons.